The first kappa shape index (κ1) is 9.93. The van der Waals surface area contributed by atoms with Crippen LogP contribution in [0.3, 0.4) is 0 Å². The van der Waals surface area contributed by atoms with Gasteiger partial charge in [0.15, 0.2) is 0 Å². The molecule has 13 heavy (non-hydrogen) atoms. The summed E-state index contributed by atoms with van der Waals surface area (Å²) in [5.74, 6) is 0.785. The number of aliphatic hydroxyl groups excluding tert-OH is 1. The molecule has 0 saturated heterocycles. The molecule has 0 amide bonds. The molecule has 1 fully saturated rings. The third kappa shape index (κ3) is 2.44. The standard InChI is InChI=1S/C10H13IOS/c11-10-5-8(6-13-10)9(12)4-7-2-1-3-7/h5-7,9,12H,1-4H2. The number of hydrogen-bond acceptors (Lipinski definition) is 2. The molecule has 3 heteroatoms. The molecule has 72 valence electrons. The zero-order chi connectivity index (χ0) is 9.26. The van der Waals surface area contributed by atoms with E-state index in [0.29, 0.717) is 0 Å². The maximum Gasteiger partial charge on any atom is 0.0801 e. The van der Waals surface area contributed by atoms with Gasteiger partial charge >= 0.3 is 0 Å². The Bertz CT molecular complexity index is 280. The van der Waals surface area contributed by atoms with Crippen molar-refractivity contribution < 1.29 is 5.11 Å². The van der Waals surface area contributed by atoms with Gasteiger partial charge in [-0.1, -0.05) is 19.3 Å². The number of aliphatic hydroxyl groups is 1. The summed E-state index contributed by atoms with van der Waals surface area (Å²) in [6.07, 6.45) is 4.74. The van der Waals surface area contributed by atoms with Gasteiger partial charge in [-0.15, -0.1) is 11.3 Å². The molecule has 1 nitrogen and oxygen atoms in total. The van der Waals surface area contributed by atoms with Gasteiger partial charge in [-0.05, 0) is 51.9 Å². The van der Waals surface area contributed by atoms with Crippen LogP contribution in [0.25, 0.3) is 0 Å². The molecule has 2 rings (SSSR count). The lowest BCUT2D eigenvalue weighted by Crippen LogP contribution is -2.14. The van der Waals surface area contributed by atoms with E-state index in [-0.39, 0.29) is 6.10 Å². The van der Waals surface area contributed by atoms with Crippen molar-refractivity contribution in [3.63, 3.8) is 0 Å². The molecule has 1 aliphatic carbocycles. The van der Waals surface area contributed by atoms with Crippen molar-refractivity contribution >= 4 is 33.9 Å². The highest BCUT2D eigenvalue weighted by atomic mass is 127. The molecule has 1 atom stereocenters. The van der Waals surface area contributed by atoms with E-state index in [0.717, 1.165) is 17.9 Å². The molecule has 1 N–H and O–H groups in total. The fraction of sp³-hybridized carbons (Fsp3) is 0.600. The number of rotatable bonds is 3. The van der Waals surface area contributed by atoms with Crippen LogP contribution in [-0.4, -0.2) is 5.11 Å². The SMILES string of the molecule is OC(CC1CCC1)c1csc(I)c1. The third-order valence-corrected chi connectivity index (χ3v) is 4.56. The zero-order valence-corrected chi connectivity index (χ0v) is 10.3. The smallest absolute Gasteiger partial charge is 0.0801 e. The summed E-state index contributed by atoms with van der Waals surface area (Å²) in [6, 6.07) is 2.09. The van der Waals surface area contributed by atoms with Crippen LogP contribution in [-0.2, 0) is 0 Å². The van der Waals surface area contributed by atoms with E-state index in [4.69, 9.17) is 0 Å². The van der Waals surface area contributed by atoms with Gasteiger partial charge in [0.05, 0.1) is 8.99 Å². The van der Waals surface area contributed by atoms with E-state index in [1.165, 1.54) is 22.1 Å². The summed E-state index contributed by atoms with van der Waals surface area (Å²) < 4.78 is 1.26. The summed E-state index contributed by atoms with van der Waals surface area (Å²) in [7, 11) is 0. The lowest BCUT2D eigenvalue weighted by atomic mass is 9.81. The van der Waals surface area contributed by atoms with Gasteiger partial charge in [0.2, 0.25) is 0 Å². The molecule has 0 spiro atoms. The first-order valence-electron chi connectivity index (χ1n) is 4.67. The first-order valence-corrected chi connectivity index (χ1v) is 6.63. The molecule has 0 bridgehead atoms. The average molecular weight is 308 g/mol. The predicted molar refractivity (Wildman–Crippen MR) is 64.0 cm³/mol. The quantitative estimate of drug-likeness (QED) is 0.846. The fourth-order valence-corrected chi connectivity index (χ4v) is 3.10. The normalized spacial score (nSPS) is 19.8. The van der Waals surface area contributed by atoms with Crippen molar-refractivity contribution in [2.24, 2.45) is 5.92 Å². The summed E-state index contributed by atoms with van der Waals surface area (Å²) in [5.41, 5.74) is 1.11. The Morgan fingerprint density at radius 2 is 2.38 bits per heavy atom. The Kier molecular flexibility index (Phi) is 3.26. The van der Waals surface area contributed by atoms with Crippen LogP contribution in [0, 0.1) is 8.80 Å². The lowest BCUT2D eigenvalue weighted by Gasteiger charge is -2.27. The van der Waals surface area contributed by atoms with Gasteiger partial charge in [0, 0.05) is 0 Å². The van der Waals surface area contributed by atoms with E-state index in [1.807, 2.05) is 0 Å². The Hall–Kier alpha value is 0.390. The minimum Gasteiger partial charge on any atom is -0.388 e. The van der Waals surface area contributed by atoms with E-state index >= 15 is 0 Å². The molecule has 0 radical (unpaired) electrons. The second-order valence-corrected chi connectivity index (χ2v) is 6.54. The molecule has 0 aliphatic heterocycles. The molecule has 1 aromatic rings. The number of thiophene rings is 1. The van der Waals surface area contributed by atoms with Crippen molar-refractivity contribution in [2.45, 2.75) is 31.8 Å². The van der Waals surface area contributed by atoms with Crippen molar-refractivity contribution in [3.05, 3.63) is 19.9 Å². The molecule has 1 heterocycles. The topological polar surface area (TPSA) is 20.2 Å². The summed E-state index contributed by atoms with van der Waals surface area (Å²) in [6.45, 7) is 0. The molecule has 0 aromatic carbocycles. The van der Waals surface area contributed by atoms with Crippen LogP contribution in [0.5, 0.6) is 0 Å². The Labute approximate surface area is 96.3 Å². The van der Waals surface area contributed by atoms with Crippen LogP contribution in [0.1, 0.15) is 37.4 Å². The van der Waals surface area contributed by atoms with Crippen molar-refractivity contribution in [3.8, 4) is 0 Å². The molecule has 1 aliphatic rings. The van der Waals surface area contributed by atoms with Crippen molar-refractivity contribution in [2.75, 3.05) is 0 Å². The van der Waals surface area contributed by atoms with E-state index in [9.17, 15) is 5.11 Å². The second-order valence-electron chi connectivity index (χ2n) is 3.73. The maximum absolute atomic E-state index is 9.87. The molecule has 1 aromatic heterocycles. The molecular formula is C10H13IOS. The Morgan fingerprint density at radius 3 is 2.85 bits per heavy atom. The van der Waals surface area contributed by atoms with Crippen molar-refractivity contribution in [1.29, 1.82) is 0 Å². The van der Waals surface area contributed by atoms with Crippen LogP contribution in [0.4, 0.5) is 0 Å². The second kappa shape index (κ2) is 4.28. The Balaban J connectivity index is 1.92. The van der Waals surface area contributed by atoms with Gasteiger partial charge < -0.3 is 5.11 Å². The highest BCUT2D eigenvalue weighted by Gasteiger charge is 2.22. The van der Waals surface area contributed by atoms with Gasteiger partial charge in [-0.3, -0.25) is 0 Å². The molecule has 1 saturated carbocycles. The van der Waals surface area contributed by atoms with Gasteiger partial charge in [0.25, 0.3) is 0 Å². The molecular weight excluding hydrogens is 295 g/mol. The monoisotopic (exact) mass is 308 g/mol. The van der Waals surface area contributed by atoms with E-state index in [2.05, 4.69) is 34.0 Å². The van der Waals surface area contributed by atoms with Crippen LogP contribution < -0.4 is 0 Å². The maximum atomic E-state index is 9.87. The summed E-state index contributed by atoms with van der Waals surface area (Å²) in [4.78, 5) is 0. The average Bonchev–Trinajstić information content (AvgIpc) is 2.44. The Morgan fingerprint density at radius 1 is 1.62 bits per heavy atom. The lowest BCUT2D eigenvalue weighted by molar-refractivity contribution is 0.119. The third-order valence-electron chi connectivity index (χ3n) is 2.75. The summed E-state index contributed by atoms with van der Waals surface area (Å²) >= 11 is 4.01. The van der Waals surface area contributed by atoms with E-state index < -0.39 is 0 Å². The van der Waals surface area contributed by atoms with Crippen LogP contribution >= 0.6 is 33.9 Å². The van der Waals surface area contributed by atoms with Gasteiger partial charge in [-0.2, -0.15) is 0 Å². The van der Waals surface area contributed by atoms with Crippen LogP contribution in [0.15, 0.2) is 11.4 Å². The van der Waals surface area contributed by atoms with Crippen LogP contribution in [0.2, 0.25) is 0 Å². The minimum atomic E-state index is -0.218. The van der Waals surface area contributed by atoms with Gasteiger partial charge in [0.1, 0.15) is 0 Å². The predicted octanol–water partition coefficient (Wildman–Crippen LogP) is 3.58. The highest BCUT2D eigenvalue weighted by molar-refractivity contribution is 14.1. The van der Waals surface area contributed by atoms with Crippen molar-refractivity contribution in [1.82, 2.24) is 0 Å². The largest absolute Gasteiger partial charge is 0.388 e. The first-order chi connectivity index (χ1) is 6.25. The summed E-state index contributed by atoms with van der Waals surface area (Å²) in [5, 5.41) is 11.9. The van der Waals surface area contributed by atoms with E-state index in [1.54, 1.807) is 11.3 Å². The number of halogens is 1. The zero-order valence-electron chi connectivity index (χ0n) is 7.37. The minimum absolute atomic E-state index is 0.218. The van der Waals surface area contributed by atoms with Gasteiger partial charge in [-0.25, -0.2) is 0 Å². The molecule has 1 unspecified atom stereocenters. The number of hydrogen-bond donors (Lipinski definition) is 1. The fourth-order valence-electron chi connectivity index (χ4n) is 1.68. The highest BCUT2D eigenvalue weighted by Crippen LogP contribution is 2.35.